The molecule has 102 valence electrons. The summed E-state index contributed by atoms with van der Waals surface area (Å²) in [6.07, 6.45) is 3.09. The van der Waals surface area contributed by atoms with Crippen LogP contribution in [0.4, 0.5) is 4.79 Å². The second kappa shape index (κ2) is 5.18. The maximum absolute atomic E-state index is 11.2. The summed E-state index contributed by atoms with van der Waals surface area (Å²) in [6.45, 7) is 15.8. The Morgan fingerprint density at radius 2 is 2.11 bits per heavy atom. The standard InChI is InChI=1S/C13H23NO3Si/c1-11(17-18(5,6)13(2,3)4)7-8-14-9-10-16-12(14)15/h7-8H,1,9-10H2,2-6H3/b8-7+. The maximum Gasteiger partial charge on any atom is 0.413 e. The zero-order valence-corrected chi connectivity index (χ0v) is 12.9. The smallest absolute Gasteiger partial charge is 0.413 e. The van der Waals surface area contributed by atoms with E-state index < -0.39 is 8.32 Å². The highest BCUT2D eigenvalue weighted by atomic mass is 28.4. The van der Waals surface area contributed by atoms with Gasteiger partial charge < -0.3 is 9.16 Å². The molecule has 0 aromatic carbocycles. The third kappa shape index (κ3) is 3.63. The van der Waals surface area contributed by atoms with Gasteiger partial charge in [0.25, 0.3) is 0 Å². The highest BCUT2D eigenvalue weighted by Gasteiger charge is 2.38. The van der Waals surface area contributed by atoms with E-state index in [1.807, 2.05) is 0 Å². The van der Waals surface area contributed by atoms with E-state index >= 15 is 0 Å². The number of nitrogens with zero attached hydrogens (tertiary/aromatic N) is 1. The van der Waals surface area contributed by atoms with Gasteiger partial charge in [-0.15, -0.1) is 0 Å². The summed E-state index contributed by atoms with van der Waals surface area (Å²) in [7, 11) is -1.85. The van der Waals surface area contributed by atoms with Crippen LogP contribution in [0.3, 0.4) is 0 Å². The van der Waals surface area contributed by atoms with Crippen LogP contribution in [0.1, 0.15) is 20.8 Å². The van der Waals surface area contributed by atoms with Crippen molar-refractivity contribution >= 4 is 14.4 Å². The number of amides is 1. The number of hydrogen-bond acceptors (Lipinski definition) is 3. The first-order chi connectivity index (χ1) is 8.13. The van der Waals surface area contributed by atoms with E-state index in [-0.39, 0.29) is 11.1 Å². The number of ether oxygens (including phenoxy) is 1. The lowest BCUT2D eigenvalue weighted by Crippen LogP contribution is -2.40. The summed E-state index contributed by atoms with van der Waals surface area (Å²) < 4.78 is 10.8. The van der Waals surface area contributed by atoms with Gasteiger partial charge in [-0.2, -0.15) is 0 Å². The third-order valence-electron chi connectivity index (χ3n) is 3.43. The number of carbonyl (C=O) groups is 1. The van der Waals surface area contributed by atoms with Gasteiger partial charge in [-0.25, -0.2) is 4.79 Å². The average Bonchev–Trinajstić information content (AvgIpc) is 2.58. The number of carbonyl (C=O) groups excluding carboxylic acids is 1. The van der Waals surface area contributed by atoms with Crippen LogP contribution >= 0.6 is 0 Å². The fourth-order valence-corrected chi connectivity index (χ4v) is 2.26. The number of hydrogen-bond donors (Lipinski definition) is 0. The SMILES string of the molecule is C=C(/C=C/N1CCOC1=O)O[Si](C)(C)C(C)(C)C. The topological polar surface area (TPSA) is 38.8 Å². The Balaban J connectivity index is 2.57. The van der Waals surface area contributed by atoms with Crippen molar-refractivity contribution in [3.8, 4) is 0 Å². The van der Waals surface area contributed by atoms with E-state index in [2.05, 4.69) is 40.4 Å². The molecule has 0 aliphatic carbocycles. The van der Waals surface area contributed by atoms with Crippen LogP contribution < -0.4 is 0 Å². The zero-order valence-electron chi connectivity index (χ0n) is 11.9. The van der Waals surface area contributed by atoms with E-state index in [1.165, 1.54) is 4.90 Å². The maximum atomic E-state index is 11.2. The number of rotatable bonds is 4. The first-order valence-electron chi connectivity index (χ1n) is 6.13. The predicted octanol–water partition coefficient (Wildman–Crippen LogP) is 3.49. The van der Waals surface area contributed by atoms with Gasteiger partial charge in [0, 0.05) is 6.20 Å². The Morgan fingerprint density at radius 3 is 2.56 bits per heavy atom. The van der Waals surface area contributed by atoms with Crippen LogP contribution in [0.5, 0.6) is 0 Å². The van der Waals surface area contributed by atoms with Crippen molar-refractivity contribution in [1.82, 2.24) is 4.90 Å². The van der Waals surface area contributed by atoms with Crippen molar-refractivity contribution in [1.29, 1.82) is 0 Å². The lowest BCUT2D eigenvalue weighted by Gasteiger charge is -2.36. The van der Waals surface area contributed by atoms with Crippen molar-refractivity contribution in [2.24, 2.45) is 0 Å². The molecule has 4 nitrogen and oxygen atoms in total. The van der Waals surface area contributed by atoms with Gasteiger partial charge in [0.1, 0.15) is 6.61 Å². The molecule has 1 aliphatic heterocycles. The monoisotopic (exact) mass is 269 g/mol. The van der Waals surface area contributed by atoms with Crippen molar-refractivity contribution in [2.75, 3.05) is 13.2 Å². The molecule has 1 heterocycles. The minimum atomic E-state index is -1.85. The molecule has 1 aliphatic rings. The molecule has 0 bridgehead atoms. The highest BCUT2D eigenvalue weighted by molar-refractivity contribution is 6.74. The summed E-state index contributed by atoms with van der Waals surface area (Å²) in [5.41, 5.74) is 0. The third-order valence-corrected chi connectivity index (χ3v) is 7.81. The molecular weight excluding hydrogens is 246 g/mol. The Bertz CT molecular complexity index is 369. The zero-order chi connectivity index (χ0) is 14.0. The first-order valence-corrected chi connectivity index (χ1v) is 9.04. The molecule has 0 N–H and O–H groups in total. The van der Waals surface area contributed by atoms with Crippen molar-refractivity contribution in [3.05, 3.63) is 24.6 Å². The molecular formula is C13H23NO3Si. The molecule has 0 unspecified atom stereocenters. The van der Waals surface area contributed by atoms with Crippen molar-refractivity contribution in [3.63, 3.8) is 0 Å². The molecule has 0 aromatic rings. The summed E-state index contributed by atoms with van der Waals surface area (Å²) in [5, 5.41) is 0.135. The predicted molar refractivity (Wildman–Crippen MR) is 74.6 cm³/mol. The van der Waals surface area contributed by atoms with Gasteiger partial charge in [0.15, 0.2) is 0 Å². The Morgan fingerprint density at radius 1 is 1.50 bits per heavy atom. The molecule has 0 radical (unpaired) electrons. The number of allylic oxidation sites excluding steroid dienone is 1. The lowest BCUT2D eigenvalue weighted by atomic mass is 10.2. The Hall–Kier alpha value is -1.23. The van der Waals surface area contributed by atoms with E-state index in [4.69, 9.17) is 9.16 Å². The van der Waals surface area contributed by atoms with Crippen molar-refractivity contribution < 1.29 is 14.0 Å². The number of cyclic esters (lactones) is 1. The molecule has 0 atom stereocenters. The lowest BCUT2D eigenvalue weighted by molar-refractivity contribution is 0.166. The largest absolute Gasteiger partial charge is 0.544 e. The van der Waals surface area contributed by atoms with Gasteiger partial charge in [-0.1, -0.05) is 27.4 Å². The molecule has 5 heteroatoms. The highest BCUT2D eigenvalue weighted by Crippen LogP contribution is 2.37. The van der Waals surface area contributed by atoms with E-state index in [9.17, 15) is 4.79 Å². The fraction of sp³-hybridized carbons (Fsp3) is 0.615. The van der Waals surface area contributed by atoms with Crippen LogP contribution in [0.25, 0.3) is 0 Å². The van der Waals surface area contributed by atoms with Gasteiger partial charge in [-0.3, -0.25) is 4.90 Å². The summed E-state index contributed by atoms with van der Waals surface area (Å²) in [4.78, 5) is 12.7. The molecule has 0 spiro atoms. The molecule has 0 aromatic heterocycles. The van der Waals surface area contributed by atoms with Gasteiger partial charge >= 0.3 is 6.09 Å². The summed E-state index contributed by atoms with van der Waals surface area (Å²) >= 11 is 0. The Labute approximate surface area is 110 Å². The first kappa shape index (κ1) is 14.8. The van der Waals surface area contributed by atoms with Crippen LogP contribution in [-0.2, 0) is 9.16 Å². The van der Waals surface area contributed by atoms with Crippen LogP contribution in [0, 0.1) is 0 Å². The molecule has 18 heavy (non-hydrogen) atoms. The molecule has 0 saturated carbocycles. The van der Waals surface area contributed by atoms with E-state index in [1.54, 1.807) is 12.3 Å². The minimum Gasteiger partial charge on any atom is -0.544 e. The van der Waals surface area contributed by atoms with Crippen LogP contribution in [0.15, 0.2) is 24.6 Å². The van der Waals surface area contributed by atoms with Crippen LogP contribution in [0.2, 0.25) is 18.1 Å². The van der Waals surface area contributed by atoms with Gasteiger partial charge in [0.2, 0.25) is 8.32 Å². The quantitative estimate of drug-likeness (QED) is 0.445. The second-order valence-electron chi connectivity index (χ2n) is 5.95. The van der Waals surface area contributed by atoms with Gasteiger partial charge in [-0.05, 0) is 24.2 Å². The van der Waals surface area contributed by atoms with E-state index in [0.29, 0.717) is 18.9 Å². The molecule has 1 saturated heterocycles. The fourth-order valence-electron chi connectivity index (χ4n) is 1.23. The van der Waals surface area contributed by atoms with Gasteiger partial charge in [0.05, 0.1) is 12.3 Å². The molecule has 1 rings (SSSR count). The molecule has 1 fully saturated rings. The average molecular weight is 269 g/mol. The minimum absolute atomic E-state index is 0.135. The van der Waals surface area contributed by atoms with Crippen LogP contribution in [-0.4, -0.2) is 32.5 Å². The summed E-state index contributed by atoms with van der Waals surface area (Å²) in [5.74, 6) is 0.598. The second-order valence-corrected chi connectivity index (χ2v) is 10.7. The normalized spacial score (nSPS) is 17.2. The molecule has 1 amide bonds. The van der Waals surface area contributed by atoms with E-state index in [0.717, 1.165) is 0 Å². The summed E-state index contributed by atoms with van der Waals surface area (Å²) in [6, 6.07) is 0. The van der Waals surface area contributed by atoms with Crippen molar-refractivity contribution in [2.45, 2.75) is 38.9 Å². The Kier molecular flexibility index (Phi) is 4.27.